The summed E-state index contributed by atoms with van der Waals surface area (Å²) in [4.78, 5) is 19.6. The maximum atomic E-state index is 12.8. The van der Waals surface area contributed by atoms with Gasteiger partial charge in [-0.1, -0.05) is 35.9 Å². The van der Waals surface area contributed by atoms with Crippen LogP contribution < -0.4 is 10.1 Å². The van der Waals surface area contributed by atoms with Crippen molar-refractivity contribution in [2.75, 3.05) is 32.8 Å². The second kappa shape index (κ2) is 11.7. The lowest BCUT2D eigenvalue weighted by molar-refractivity contribution is -0.0254. The summed E-state index contributed by atoms with van der Waals surface area (Å²) in [5.41, 5.74) is 3.42. The van der Waals surface area contributed by atoms with E-state index in [9.17, 15) is 9.90 Å². The van der Waals surface area contributed by atoms with Gasteiger partial charge in [-0.2, -0.15) is 0 Å². The van der Waals surface area contributed by atoms with Crippen LogP contribution in [0.4, 0.5) is 0 Å². The minimum atomic E-state index is -0.820. The average Bonchev–Trinajstić information content (AvgIpc) is 3.09. The molecule has 3 heterocycles. The van der Waals surface area contributed by atoms with Gasteiger partial charge in [0.15, 0.2) is 0 Å². The molecule has 2 aliphatic rings. The van der Waals surface area contributed by atoms with Gasteiger partial charge in [0.05, 0.1) is 12.2 Å². The van der Waals surface area contributed by atoms with Gasteiger partial charge in [-0.25, -0.2) is 4.98 Å². The number of likely N-dealkylation sites (tertiary alicyclic amines) is 1. The number of ether oxygens (including phenoxy) is 1. The van der Waals surface area contributed by atoms with Crippen molar-refractivity contribution in [3.63, 3.8) is 0 Å². The van der Waals surface area contributed by atoms with Crippen LogP contribution >= 0.6 is 11.6 Å². The maximum absolute atomic E-state index is 12.8. The standard InChI is InChI=1S/C30H32ClN3O4/c31-23-10-8-22(9-11-23)30(37)12-17-34(18-13-30)16-3-4-21-20-26-25(28(36)32-15-19-35)5-1-7-27(26)38-29-24(21)6-2-14-33-29/h1-2,4-11,14,35,37H,3,12-13,15-20H2,(H,32,36)/b21-4-. The second-order valence-corrected chi connectivity index (χ2v) is 10.2. The zero-order chi connectivity index (χ0) is 26.5. The normalized spacial score (nSPS) is 17.7. The van der Waals surface area contributed by atoms with E-state index in [0.29, 0.717) is 41.5 Å². The number of fused-ring (bicyclic) bond motifs is 2. The summed E-state index contributed by atoms with van der Waals surface area (Å²) in [7, 11) is 0. The van der Waals surface area contributed by atoms with E-state index in [1.807, 2.05) is 42.5 Å². The minimum absolute atomic E-state index is 0.120. The van der Waals surface area contributed by atoms with Gasteiger partial charge in [0.2, 0.25) is 5.88 Å². The quantitative estimate of drug-likeness (QED) is 0.412. The lowest BCUT2D eigenvalue weighted by Gasteiger charge is -2.38. The van der Waals surface area contributed by atoms with Crippen molar-refractivity contribution in [3.05, 3.63) is 94.1 Å². The third-order valence-corrected chi connectivity index (χ3v) is 7.62. The Bertz CT molecular complexity index is 1320. The first-order valence-electron chi connectivity index (χ1n) is 13.0. The van der Waals surface area contributed by atoms with Gasteiger partial charge in [-0.05, 0) is 66.8 Å². The molecule has 5 rings (SSSR count). The van der Waals surface area contributed by atoms with Gasteiger partial charge in [0.25, 0.3) is 5.91 Å². The Kier molecular flexibility index (Phi) is 8.09. The van der Waals surface area contributed by atoms with E-state index in [0.717, 1.165) is 48.3 Å². The summed E-state index contributed by atoms with van der Waals surface area (Å²) in [6.07, 6.45) is 6.61. The smallest absolute Gasteiger partial charge is 0.251 e. The van der Waals surface area contributed by atoms with E-state index in [4.69, 9.17) is 21.4 Å². The zero-order valence-corrected chi connectivity index (χ0v) is 22.0. The van der Waals surface area contributed by atoms with Crippen molar-refractivity contribution >= 4 is 23.1 Å². The summed E-state index contributed by atoms with van der Waals surface area (Å²) in [6.45, 7) is 2.55. The molecular formula is C30H32ClN3O4. The Hall–Kier alpha value is -3.23. The molecule has 2 aliphatic heterocycles. The van der Waals surface area contributed by atoms with E-state index >= 15 is 0 Å². The maximum Gasteiger partial charge on any atom is 0.251 e. The van der Waals surface area contributed by atoms with E-state index in [2.05, 4.69) is 21.3 Å². The van der Waals surface area contributed by atoms with Crippen LogP contribution in [0.15, 0.2) is 66.9 Å². The number of rotatable bonds is 7. The van der Waals surface area contributed by atoms with Crippen molar-refractivity contribution in [2.24, 2.45) is 0 Å². The number of piperidine rings is 1. The number of allylic oxidation sites excluding steroid dienone is 1. The molecule has 2 aromatic carbocycles. The number of carbonyl (C=O) groups is 1. The summed E-state index contributed by atoms with van der Waals surface area (Å²) in [5, 5.41) is 23.7. The van der Waals surface area contributed by atoms with Gasteiger partial charge in [-0.3, -0.25) is 4.79 Å². The molecule has 0 aliphatic carbocycles. The highest BCUT2D eigenvalue weighted by Crippen LogP contribution is 2.39. The van der Waals surface area contributed by atoms with Gasteiger partial charge < -0.3 is 25.2 Å². The summed E-state index contributed by atoms with van der Waals surface area (Å²) >= 11 is 6.02. The number of amides is 1. The fourth-order valence-electron chi connectivity index (χ4n) is 5.23. The Morgan fingerprint density at radius 1 is 1.13 bits per heavy atom. The first-order chi connectivity index (χ1) is 18.5. The monoisotopic (exact) mass is 533 g/mol. The SMILES string of the molecule is O=C(NCCO)c1cccc2c1C/C(=C/CCN1CCC(O)(c3ccc(Cl)cc3)CC1)c1cccnc1O2. The van der Waals surface area contributed by atoms with Crippen molar-refractivity contribution in [2.45, 2.75) is 31.3 Å². The fourth-order valence-corrected chi connectivity index (χ4v) is 5.35. The number of aromatic nitrogens is 1. The van der Waals surface area contributed by atoms with Crippen molar-refractivity contribution in [1.82, 2.24) is 15.2 Å². The van der Waals surface area contributed by atoms with Crippen molar-refractivity contribution < 1.29 is 19.7 Å². The number of benzene rings is 2. The predicted octanol–water partition coefficient (Wildman–Crippen LogP) is 4.56. The number of pyridine rings is 1. The Labute approximate surface area is 227 Å². The molecule has 1 amide bonds. The van der Waals surface area contributed by atoms with Crippen LogP contribution in [0.5, 0.6) is 11.6 Å². The van der Waals surface area contributed by atoms with Gasteiger partial charge in [0, 0.05) is 60.5 Å². The summed E-state index contributed by atoms with van der Waals surface area (Å²) < 4.78 is 6.17. The molecule has 0 unspecified atom stereocenters. The summed E-state index contributed by atoms with van der Waals surface area (Å²) in [5.74, 6) is 0.901. The molecule has 0 radical (unpaired) electrons. The van der Waals surface area contributed by atoms with E-state index in [1.54, 1.807) is 18.3 Å². The molecule has 198 valence electrons. The van der Waals surface area contributed by atoms with E-state index in [-0.39, 0.29) is 19.1 Å². The third-order valence-electron chi connectivity index (χ3n) is 7.37. The van der Waals surface area contributed by atoms with E-state index < -0.39 is 5.60 Å². The molecule has 7 nitrogen and oxygen atoms in total. The first-order valence-corrected chi connectivity index (χ1v) is 13.4. The first kappa shape index (κ1) is 26.4. The highest BCUT2D eigenvalue weighted by molar-refractivity contribution is 6.30. The van der Waals surface area contributed by atoms with Crippen molar-refractivity contribution in [3.8, 4) is 11.6 Å². The molecule has 0 atom stereocenters. The molecule has 3 aromatic rings. The number of hydrogen-bond donors (Lipinski definition) is 3. The number of carbonyl (C=O) groups excluding carboxylic acids is 1. The summed E-state index contributed by atoms with van der Waals surface area (Å²) in [6, 6.07) is 16.8. The molecule has 38 heavy (non-hydrogen) atoms. The molecule has 0 bridgehead atoms. The molecule has 3 N–H and O–H groups in total. The highest BCUT2D eigenvalue weighted by atomic mass is 35.5. The molecule has 0 spiro atoms. The molecule has 1 saturated heterocycles. The van der Waals surface area contributed by atoms with Crippen LogP contribution in [0.1, 0.15) is 46.3 Å². The number of halogens is 1. The lowest BCUT2D eigenvalue weighted by atomic mass is 9.84. The van der Waals surface area contributed by atoms with Gasteiger partial charge in [0.1, 0.15) is 5.75 Å². The predicted molar refractivity (Wildman–Crippen MR) is 147 cm³/mol. The van der Waals surface area contributed by atoms with Crippen LogP contribution in [0.25, 0.3) is 5.57 Å². The largest absolute Gasteiger partial charge is 0.438 e. The van der Waals surface area contributed by atoms with Crippen molar-refractivity contribution in [1.29, 1.82) is 0 Å². The highest BCUT2D eigenvalue weighted by Gasteiger charge is 2.33. The Morgan fingerprint density at radius 2 is 1.92 bits per heavy atom. The van der Waals surface area contributed by atoms with Crippen LogP contribution in [0, 0.1) is 0 Å². The average molecular weight is 534 g/mol. The molecule has 0 saturated carbocycles. The molecule has 1 fully saturated rings. The van der Waals surface area contributed by atoms with Crippen LogP contribution in [0.2, 0.25) is 5.02 Å². The number of aliphatic hydroxyl groups excluding tert-OH is 1. The topological polar surface area (TPSA) is 94.9 Å². The fraction of sp³-hybridized carbons (Fsp3) is 0.333. The Balaban J connectivity index is 1.30. The molecule has 1 aromatic heterocycles. The number of nitrogens with zero attached hydrogens (tertiary/aromatic N) is 2. The molecular weight excluding hydrogens is 502 g/mol. The van der Waals surface area contributed by atoms with Crippen LogP contribution in [0.3, 0.4) is 0 Å². The third kappa shape index (κ3) is 5.76. The van der Waals surface area contributed by atoms with Crippen LogP contribution in [-0.2, 0) is 12.0 Å². The Morgan fingerprint density at radius 3 is 2.68 bits per heavy atom. The number of aliphatic hydroxyl groups is 2. The zero-order valence-electron chi connectivity index (χ0n) is 21.2. The second-order valence-electron chi connectivity index (χ2n) is 9.79. The van der Waals surface area contributed by atoms with Gasteiger partial charge in [-0.15, -0.1) is 0 Å². The minimum Gasteiger partial charge on any atom is -0.438 e. The van der Waals surface area contributed by atoms with E-state index in [1.165, 1.54) is 0 Å². The number of nitrogens with one attached hydrogen (secondary N) is 1. The number of hydrogen-bond acceptors (Lipinski definition) is 6. The lowest BCUT2D eigenvalue weighted by Crippen LogP contribution is -2.42. The van der Waals surface area contributed by atoms with Gasteiger partial charge >= 0.3 is 0 Å². The van der Waals surface area contributed by atoms with Crippen LogP contribution in [-0.4, -0.2) is 58.8 Å². The molecule has 8 heteroatoms.